The molecule has 4 heteroatoms. The first-order valence-electron chi connectivity index (χ1n) is 6.00. The van der Waals surface area contributed by atoms with Crippen LogP contribution in [0.5, 0.6) is 0 Å². The van der Waals surface area contributed by atoms with E-state index < -0.39 is 5.91 Å². The van der Waals surface area contributed by atoms with Crippen molar-refractivity contribution in [3.63, 3.8) is 0 Å². The molecular weight excluding hydrogens is 238 g/mol. The van der Waals surface area contributed by atoms with E-state index in [1.165, 1.54) is 0 Å². The van der Waals surface area contributed by atoms with Gasteiger partial charge in [0.1, 0.15) is 5.65 Å². The number of carbonyl (C=O) groups excluding carboxylic acids is 1. The van der Waals surface area contributed by atoms with Gasteiger partial charge in [0.05, 0.1) is 5.69 Å². The van der Waals surface area contributed by atoms with Gasteiger partial charge in [-0.05, 0) is 36.2 Å². The van der Waals surface area contributed by atoms with Crippen LogP contribution in [0.15, 0.2) is 48.8 Å². The fourth-order valence-electron chi connectivity index (χ4n) is 2.23. The highest BCUT2D eigenvalue weighted by Gasteiger charge is 2.09. The molecule has 0 radical (unpaired) electrons. The number of aromatic nitrogens is 2. The van der Waals surface area contributed by atoms with Crippen LogP contribution in [0.2, 0.25) is 0 Å². The molecule has 0 aliphatic heterocycles. The molecule has 0 saturated carbocycles. The van der Waals surface area contributed by atoms with Crippen LogP contribution in [0.1, 0.15) is 16.1 Å². The maximum Gasteiger partial charge on any atom is 0.249 e. The monoisotopic (exact) mass is 251 g/mol. The number of hydrogen-bond donors (Lipinski definition) is 1. The summed E-state index contributed by atoms with van der Waals surface area (Å²) >= 11 is 0. The third-order valence-corrected chi connectivity index (χ3v) is 3.08. The van der Waals surface area contributed by atoms with Crippen LogP contribution in [0, 0.1) is 6.92 Å². The third-order valence-electron chi connectivity index (χ3n) is 3.08. The number of nitrogens with two attached hydrogens (primary N) is 1. The number of rotatable bonds is 2. The quantitative estimate of drug-likeness (QED) is 0.760. The number of nitrogens with zero attached hydrogens (tertiary/aromatic N) is 2. The maximum absolute atomic E-state index is 11.5. The van der Waals surface area contributed by atoms with E-state index in [1.807, 2.05) is 54.0 Å². The Hall–Kier alpha value is -2.62. The molecule has 3 rings (SSSR count). The molecule has 2 heterocycles. The van der Waals surface area contributed by atoms with Crippen LogP contribution >= 0.6 is 0 Å². The van der Waals surface area contributed by atoms with Crippen molar-refractivity contribution in [1.82, 2.24) is 9.38 Å². The number of imidazole rings is 1. The first-order valence-corrected chi connectivity index (χ1v) is 6.00. The number of benzene rings is 1. The Bertz CT molecular complexity index is 774. The number of hydrogen-bond acceptors (Lipinski definition) is 2. The molecule has 4 nitrogen and oxygen atoms in total. The summed E-state index contributed by atoms with van der Waals surface area (Å²) in [6.45, 7) is 1.95. The van der Waals surface area contributed by atoms with Gasteiger partial charge >= 0.3 is 0 Å². The van der Waals surface area contributed by atoms with E-state index in [1.54, 1.807) is 6.07 Å². The molecule has 0 saturated heterocycles. The Morgan fingerprint density at radius 2 is 1.95 bits per heavy atom. The molecule has 2 N–H and O–H groups in total. The molecule has 0 aliphatic carbocycles. The Labute approximate surface area is 110 Å². The van der Waals surface area contributed by atoms with E-state index in [4.69, 9.17) is 5.73 Å². The van der Waals surface area contributed by atoms with Crippen molar-refractivity contribution in [1.29, 1.82) is 0 Å². The molecule has 19 heavy (non-hydrogen) atoms. The minimum Gasteiger partial charge on any atom is -0.366 e. The average molecular weight is 251 g/mol. The van der Waals surface area contributed by atoms with Crippen LogP contribution in [-0.2, 0) is 0 Å². The van der Waals surface area contributed by atoms with Crippen molar-refractivity contribution >= 4 is 11.6 Å². The summed E-state index contributed by atoms with van der Waals surface area (Å²) in [5.74, 6) is -0.419. The number of amides is 1. The van der Waals surface area contributed by atoms with Gasteiger partial charge in [0, 0.05) is 18.0 Å². The Balaban J connectivity index is 2.21. The number of aryl methyl sites for hydroxylation is 1. The third kappa shape index (κ3) is 1.97. The highest BCUT2D eigenvalue weighted by molar-refractivity contribution is 5.99. The second kappa shape index (κ2) is 4.24. The summed E-state index contributed by atoms with van der Waals surface area (Å²) in [6, 6.07) is 11.2. The molecule has 0 bridgehead atoms. The van der Waals surface area contributed by atoms with Crippen molar-refractivity contribution in [3.05, 3.63) is 60.0 Å². The molecule has 94 valence electrons. The number of primary amides is 1. The van der Waals surface area contributed by atoms with Crippen LogP contribution < -0.4 is 5.73 Å². The zero-order chi connectivity index (χ0) is 13.4. The lowest BCUT2D eigenvalue weighted by Crippen LogP contribution is -2.12. The first-order chi connectivity index (χ1) is 9.15. The maximum atomic E-state index is 11.5. The van der Waals surface area contributed by atoms with Crippen molar-refractivity contribution in [2.45, 2.75) is 6.92 Å². The van der Waals surface area contributed by atoms with E-state index in [2.05, 4.69) is 4.98 Å². The summed E-state index contributed by atoms with van der Waals surface area (Å²) in [5, 5.41) is 0. The Kier molecular flexibility index (Phi) is 2.56. The smallest absolute Gasteiger partial charge is 0.249 e. The normalized spacial score (nSPS) is 10.8. The Morgan fingerprint density at radius 3 is 2.74 bits per heavy atom. The minimum absolute atomic E-state index is 0.419. The van der Waals surface area contributed by atoms with Gasteiger partial charge in [0.25, 0.3) is 0 Å². The lowest BCUT2D eigenvalue weighted by Gasteiger charge is -2.07. The van der Waals surface area contributed by atoms with Gasteiger partial charge in [0.2, 0.25) is 5.91 Å². The lowest BCUT2D eigenvalue weighted by atomic mass is 10.0. The molecule has 0 atom stereocenters. The molecule has 1 amide bonds. The van der Waals surface area contributed by atoms with Gasteiger partial charge in [-0.2, -0.15) is 0 Å². The topological polar surface area (TPSA) is 60.4 Å². The highest BCUT2D eigenvalue weighted by atomic mass is 16.1. The van der Waals surface area contributed by atoms with E-state index >= 15 is 0 Å². The number of pyridine rings is 1. The zero-order valence-corrected chi connectivity index (χ0v) is 10.5. The average Bonchev–Trinajstić information content (AvgIpc) is 2.77. The fourth-order valence-corrected chi connectivity index (χ4v) is 2.23. The zero-order valence-electron chi connectivity index (χ0n) is 10.5. The van der Waals surface area contributed by atoms with Gasteiger partial charge in [-0.15, -0.1) is 0 Å². The van der Waals surface area contributed by atoms with Gasteiger partial charge in [-0.3, -0.25) is 4.79 Å². The minimum atomic E-state index is -0.419. The lowest BCUT2D eigenvalue weighted by molar-refractivity contribution is 0.100. The van der Waals surface area contributed by atoms with Crippen LogP contribution in [-0.4, -0.2) is 15.3 Å². The fraction of sp³-hybridized carbons (Fsp3) is 0.0667. The largest absolute Gasteiger partial charge is 0.366 e. The van der Waals surface area contributed by atoms with Crippen molar-refractivity contribution < 1.29 is 4.79 Å². The van der Waals surface area contributed by atoms with Gasteiger partial charge in [-0.1, -0.05) is 18.2 Å². The molecule has 0 fully saturated rings. The molecular formula is C15H13N3O. The molecule has 1 aromatic carbocycles. The standard InChI is InChI=1S/C15H13N3O/c1-10-8-18-9-11(6-7-14(18)17-10)12-4-2-3-5-13(12)15(16)19/h2-9H,1H3,(H2,16,19). The van der Waals surface area contributed by atoms with Crippen molar-refractivity contribution in [3.8, 4) is 11.1 Å². The molecule has 0 spiro atoms. The summed E-state index contributed by atoms with van der Waals surface area (Å²) in [4.78, 5) is 15.8. The summed E-state index contributed by atoms with van der Waals surface area (Å²) in [6.07, 6.45) is 3.91. The molecule has 2 aromatic heterocycles. The Morgan fingerprint density at radius 1 is 1.16 bits per heavy atom. The van der Waals surface area contributed by atoms with Gasteiger partial charge in [0.15, 0.2) is 0 Å². The summed E-state index contributed by atoms with van der Waals surface area (Å²) in [7, 11) is 0. The summed E-state index contributed by atoms with van der Waals surface area (Å²) < 4.78 is 1.95. The van der Waals surface area contributed by atoms with E-state index in [0.717, 1.165) is 22.5 Å². The van der Waals surface area contributed by atoms with Crippen LogP contribution in [0.3, 0.4) is 0 Å². The predicted molar refractivity (Wildman–Crippen MR) is 73.9 cm³/mol. The number of fused-ring (bicyclic) bond motifs is 1. The predicted octanol–water partition coefficient (Wildman–Crippen LogP) is 2.41. The van der Waals surface area contributed by atoms with E-state index in [0.29, 0.717) is 5.56 Å². The van der Waals surface area contributed by atoms with Crippen molar-refractivity contribution in [2.24, 2.45) is 5.73 Å². The van der Waals surface area contributed by atoms with E-state index in [9.17, 15) is 4.79 Å². The van der Waals surface area contributed by atoms with Crippen molar-refractivity contribution in [2.75, 3.05) is 0 Å². The SMILES string of the molecule is Cc1cn2cc(-c3ccccc3C(N)=O)ccc2n1. The molecule has 0 unspecified atom stereocenters. The molecule has 3 aromatic rings. The highest BCUT2D eigenvalue weighted by Crippen LogP contribution is 2.24. The number of carbonyl (C=O) groups is 1. The van der Waals surface area contributed by atoms with Crippen LogP contribution in [0.4, 0.5) is 0 Å². The first kappa shape index (κ1) is 11.5. The van der Waals surface area contributed by atoms with Gasteiger partial charge < -0.3 is 10.1 Å². The van der Waals surface area contributed by atoms with Gasteiger partial charge in [-0.25, -0.2) is 4.98 Å². The molecule has 0 aliphatic rings. The van der Waals surface area contributed by atoms with E-state index in [-0.39, 0.29) is 0 Å². The second-order valence-corrected chi connectivity index (χ2v) is 4.48. The van der Waals surface area contributed by atoms with Crippen LogP contribution in [0.25, 0.3) is 16.8 Å². The summed E-state index contributed by atoms with van der Waals surface area (Å²) in [5.41, 5.74) is 9.56. The second-order valence-electron chi connectivity index (χ2n) is 4.48.